The van der Waals surface area contributed by atoms with Crippen molar-refractivity contribution < 1.29 is 36.2 Å². The van der Waals surface area contributed by atoms with Gasteiger partial charge in [0.05, 0.1) is 17.0 Å². The van der Waals surface area contributed by atoms with Crippen LogP contribution in [-0.2, 0) is 12.9 Å². The van der Waals surface area contributed by atoms with Gasteiger partial charge in [0, 0.05) is 37.2 Å². The van der Waals surface area contributed by atoms with Crippen molar-refractivity contribution in [2.45, 2.75) is 32.0 Å². The second-order valence-corrected chi connectivity index (χ2v) is 5.94. The van der Waals surface area contributed by atoms with Crippen LogP contribution in [0.15, 0.2) is 42.4 Å². The SMILES string of the molecule is [2H]c1c(OC)c(OC)c([2H])c2c1C(=O)C([2H])(C([2H])([2H])C1([2H])C([2H])([2H])C([2H])([2H])N(Cc3ccccc3)C([2H])([2H])C1([2H])[2H])C2([2H])[2H]. The van der Waals surface area contributed by atoms with E-state index in [-0.39, 0.29) is 10.5 Å². The molecule has 1 heterocycles. The lowest BCUT2D eigenvalue weighted by Crippen LogP contribution is -2.34. The zero-order chi connectivity index (χ0) is 33.9. The predicted molar refractivity (Wildman–Crippen MR) is 110 cm³/mol. The minimum atomic E-state index is -4.40. The Labute approximate surface area is 189 Å². The molecule has 4 rings (SSSR count). The second-order valence-electron chi connectivity index (χ2n) is 5.94. The summed E-state index contributed by atoms with van der Waals surface area (Å²) in [4.78, 5) is 14.1. The van der Waals surface area contributed by atoms with E-state index in [4.69, 9.17) is 31.4 Å². The molecule has 0 saturated carbocycles. The number of carbonyl (C=O) groups excluding carboxylic acids is 1. The monoisotopic (exact) mass is 395 g/mol. The van der Waals surface area contributed by atoms with Crippen LogP contribution < -0.4 is 9.47 Å². The van der Waals surface area contributed by atoms with Gasteiger partial charge in [-0.2, -0.15) is 0 Å². The number of hydrogen-bond acceptors (Lipinski definition) is 4. The summed E-state index contributed by atoms with van der Waals surface area (Å²) in [5.74, 6) is -11.4. The summed E-state index contributed by atoms with van der Waals surface area (Å²) < 4.78 is 151. The van der Waals surface area contributed by atoms with Gasteiger partial charge >= 0.3 is 0 Å². The van der Waals surface area contributed by atoms with Gasteiger partial charge in [-0.1, -0.05) is 30.3 Å². The summed E-state index contributed by atoms with van der Waals surface area (Å²) in [7, 11) is 2.08. The topological polar surface area (TPSA) is 38.8 Å². The van der Waals surface area contributed by atoms with Gasteiger partial charge in [-0.25, -0.2) is 0 Å². The average Bonchev–Trinajstić information content (AvgIpc) is 3.10. The molecule has 0 spiro atoms. The number of rotatable bonds is 6. The number of benzene rings is 2. The average molecular weight is 396 g/mol. The van der Waals surface area contributed by atoms with E-state index in [0.29, 0.717) is 0 Å². The van der Waals surface area contributed by atoms with Crippen molar-refractivity contribution >= 4 is 5.78 Å². The molecule has 1 aliphatic carbocycles. The van der Waals surface area contributed by atoms with E-state index in [0.717, 1.165) is 14.2 Å². The highest BCUT2D eigenvalue weighted by molar-refractivity contribution is 6.02. The largest absolute Gasteiger partial charge is 0.493 e. The highest BCUT2D eigenvalue weighted by Gasteiger charge is 2.34. The van der Waals surface area contributed by atoms with Gasteiger partial charge in [0.15, 0.2) is 17.3 Å². The van der Waals surface area contributed by atoms with Gasteiger partial charge in [0.25, 0.3) is 0 Å². The maximum atomic E-state index is 14.0. The molecule has 2 aliphatic rings. The molecule has 1 saturated heterocycles. The van der Waals surface area contributed by atoms with Gasteiger partial charge < -0.3 is 9.47 Å². The third kappa shape index (κ3) is 3.93. The number of methoxy groups -OCH3 is 2. The number of likely N-dealkylation sites (tertiary alicyclic amines) is 1. The Morgan fingerprint density at radius 1 is 1.18 bits per heavy atom. The van der Waals surface area contributed by atoms with E-state index in [1.165, 1.54) is 24.3 Å². The number of nitrogens with zero attached hydrogens (tertiary/aromatic N) is 1. The van der Waals surface area contributed by atoms with Crippen LogP contribution in [0.2, 0.25) is 0 Å². The Bertz CT molecular complexity index is 1480. The van der Waals surface area contributed by atoms with Crippen LogP contribution in [0, 0.1) is 11.8 Å². The van der Waals surface area contributed by atoms with E-state index < -0.39 is 97.3 Å². The molecule has 0 N–H and O–H groups in total. The van der Waals surface area contributed by atoms with E-state index in [9.17, 15) is 4.79 Å². The first-order valence-corrected chi connectivity index (χ1v) is 8.46. The molecule has 0 bridgehead atoms. The molecule has 28 heavy (non-hydrogen) atoms. The summed E-state index contributed by atoms with van der Waals surface area (Å²) in [6.45, 7) is -8.13. The van der Waals surface area contributed by atoms with E-state index >= 15 is 0 Å². The van der Waals surface area contributed by atoms with E-state index in [1.807, 2.05) is 0 Å². The number of Topliss-reactive ketones (excluding diaryl/α,β-unsaturated/α-hetero) is 1. The third-order valence-corrected chi connectivity index (χ3v) is 4.11. The Kier molecular flexibility index (Phi) is 2.34. The zero-order valence-electron chi connectivity index (χ0n) is 31.3. The van der Waals surface area contributed by atoms with Crippen LogP contribution in [0.1, 0.15) is 62.5 Å². The lowest BCUT2D eigenvalue weighted by Gasteiger charge is -2.32. The summed E-state index contributed by atoms with van der Waals surface area (Å²) in [5.41, 5.74) is -1.83. The standard InChI is InChI=1S/C24H29NO3/c1-27-22-14-19-13-20(24(26)21(19)15-23(22)28-2)12-17-8-10-25(11-9-17)16-18-6-4-3-5-7-18/h3-7,14-15,17,20H,8-13,16H2,1-2H3/i8D2,9D2,10D2,11D2,12D2,13D2,14D,15D,17D,20D. The number of hydrogen-bond donors (Lipinski definition) is 0. The molecule has 1 atom stereocenters. The van der Waals surface area contributed by atoms with Gasteiger partial charge in [0.2, 0.25) is 0 Å². The molecule has 1 aliphatic heterocycles. The minimum absolute atomic E-state index is 0.161. The number of piperidine rings is 1. The molecular weight excluding hydrogens is 350 g/mol. The van der Waals surface area contributed by atoms with Gasteiger partial charge in [0.1, 0.15) is 0 Å². The maximum Gasteiger partial charge on any atom is 0.166 e. The van der Waals surface area contributed by atoms with Crippen LogP contribution in [0.25, 0.3) is 0 Å². The first-order valence-electron chi connectivity index (χ1n) is 16.5. The van der Waals surface area contributed by atoms with Gasteiger partial charge in [-0.3, -0.25) is 9.69 Å². The van der Waals surface area contributed by atoms with Crippen LogP contribution >= 0.6 is 0 Å². The zero-order valence-corrected chi connectivity index (χ0v) is 15.3. The summed E-state index contributed by atoms with van der Waals surface area (Å²) in [6, 6.07) is 5.65. The third-order valence-electron chi connectivity index (χ3n) is 4.11. The molecule has 0 aromatic heterocycles. The molecule has 0 radical (unpaired) electrons. The number of fused-ring (bicyclic) bond motifs is 1. The van der Waals surface area contributed by atoms with Crippen molar-refractivity contribution in [3.05, 3.63) is 59.1 Å². The van der Waals surface area contributed by atoms with E-state index in [1.54, 1.807) is 6.07 Å². The Balaban J connectivity index is 2.04. The predicted octanol–water partition coefficient (Wildman–Crippen LogP) is 4.36. The minimum Gasteiger partial charge on any atom is -0.493 e. The van der Waals surface area contributed by atoms with Crippen molar-refractivity contribution in [1.82, 2.24) is 4.90 Å². The summed E-state index contributed by atoms with van der Waals surface area (Å²) in [5, 5.41) is 0. The molecule has 4 nitrogen and oxygen atoms in total. The molecular formula is C24H29NO3. The molecule has 4 heteroatoms. The van der Waals surface area contributed by atoms with E-state index in [2.05, 4.69) is 0 Å². The van der Waals surface area contributed by atoms with Crippen LogP contribution in [0.4, 0.5) is 0 Å². The van der Waals surface area contributed by atoms with Crippen molar-refractivity contribution in [2.24, 2.45) is 11.8 Å². The fourth-order valence-corrected chi connectivity index (χ4v) is 2.75. The van der Waals surface area contributed by atoms with Crippen molar-refractivity contribution in [2.75, 3.05) is 27.2 Å². The molecule has 0 amide bonds. The number of carbonyl (C=O) groups is 1. The molecule has 148 valence electrons. The fraction of sp³-hybridized carbons (Fsp3) is 0.458. The Morgan fingerprint density at radius 3 is 2.54 bits per heavy atom. The number of ketones is 1. The number of ether oxygens (including phenoxy) is 2. The summed E-state index contributed by atoms with van der Waals surface area (Å²) in [6.07, 6.45) is -16.3. The van der Waals surface area contributed by atoms with Crippen molar-refractivity contribution in [3.8, 4) is 11.5 Å². The lowest BCUT2D eigenvalue weighted by molar-refractivity contribution is 0.0895. The molecule has 2 aromatic carbocycles. The maximum absolute atomic E-state index is 14.0. The van der Waals surface area contributed by atoms with Crippen molar-refractivity contribution in [1.29, 1.82) is 0 Å². The quantitative estimate of drug-likeness (QED) is 0.728. The smallest absolute Gasteiger partial charge is 0.166 e. The molecule has 1 unspecified atom stereocenters. The van der Waals surface area contributed by atoms with Gasteiger partial charge in [-0.05, 0) is 67.6 Å². The van der Waals surface area contributed by atoms with Crippen LogP contribution in [-0.4, -0.2) is 37.9 Å². The fourth-order valence-electron chi connectivity index (χ4n) is 2.75. The summed E-state index contributed by atoms with van der Waals surface area (Å²) >= 11 is 0. The van der Waals surface area contributed by atoms with Crippen LogP contribution in [0.3, 0.4) is 0 Å². The Morgan fingerprint density at radius 2 is 1.86 bits per heavy atom. The van der Waals surface area contributed by atoms with Gasteiger partial charge in [-0.15, -0.1) is 0 Å². The van der Waals surface area contributed by atoms with Crippen molar-refractivity contribution in [3.63, 3.8) is 0 Å². The first kappa shape index (κ1) is 7.83. The molecule has 1 fully saturated rings. The highest BCUT2D eigenvalue weighted by atomic mass is 16.5. The second kappa shape index (κ2) is 8.36. The Hall–Kier alpha value is -2.33. The first-order chi connectivity index (χ1) is 19.8. The normalized spacial score (nSPS) is 41.9. The highest BCUT2D eigenvalue weighted by Crippen LogP contribution is 2.39. The van der Waals surface area contributed by atoms with Crippen LogP contribution in [0.5, 0.6) is 11.5 Å². The lowest BCUT2D eigenvalue weighted by atomic mass is 9.85. The molecule has 2 aromatic rings.